The Morgan fingerprint density at radius 3 is 2.13 bits per heavy atom. The van der Waals surface area contributed by atoms with E-state index in [4.69, 9.17) is 0 Å². The van der Waals surface area contributed by atoms with Crippen molar-refractivity contribution in [3.05, 3.63) is 35.9 Å². The zero-order valence-corrected chi connectivity index (χ0v) is 15.1. The highest BCUT2D eigenvalue weighted by atomic mass is 16.2. The summed E-state index contributed by atoms with van der Waals surface area (Å²) in [6.45, 7) is 10.8. The minimum atomic E-state index is 0.0336. The minimum absolute atomic E-state index is 0.0336. The van der Waals surface area contributed by atoms with E-state index in [9.17, 15) is 9.59 Å². The summed E-state index contributed by atoms with van der Waals surface area (Å²) >= 11 is 0. The molecule has 0 aliphatic heterocycles. The van der Waals surface area contributed by atoms with E-state index >= 15 is 0 Å². The van der Waals surface area contributed by atoms with Crippen molar-refractivity contribution < 1.29 is 9.59 Å². The van der Waals surface area contributed by atoms with Crippen molar-refractivity contribution in [2.24, 2.45) is 0 Å². The van der Waals surface area contributed by atoms with Gasteiger partial charge in [0.2, 0.25) is 11.8 Å². The van der Waals surface area contributed by atoms with Crippen LogP contribution in [0, 0.1) is 0 Å². The van der Waals surface area contributed by atoms with Crippen LogP contribution in [0.2, 0.25) is 0 Å². The van der Waals surface area contributed by atoms with Crippen molar-refractivity contribution in [3.8, 4) is 0 Å². The number of carbonyl (C=O) groups is 2. The van der Waals surface area contributed by atoms with Crippen LogP contribution in [-0.4, -0.2) is 40.2 Å². The predicted molar refractivity (Wildman–Crippen MR) is 93.9 cm³/mol. The lowest BCUT2D eigenvalue weighted by Gasteiger charge is -2.30. The number of rotatable bonds is 8. The molecule has 0 radical (unpaired) electrons. The smallest absolute Gasteiger partial charge is 0.224 e. The standard InChI is InChI=1S/C19H30N2O2/c1-6-16(4)20(17(5)22)13-12-19(23)21(15(2)3)14-18-10-8-7-9-11-18/h7-11,15-16H,6,12-14H2,1-5H3. The summed E-state index contributed by atoms with van der Waals surface area (Å²) in [4.78, 5) is 28.0. The number of hydrogen-bond acceptors (Lipinski definition) is 2. The van der Waals surface area contributed by atoms with Gasteiger partial charge >= 0.3 is 0 Å². The number of hydrogen-bond donors (Lipinski definition) is 0. The van der Waals surface area contributed by atoms with Crippen molar-refractivity contribution in [1.82, 2.24) is 9.80 Å². The van der Waals surface area contributed by atoms with Gasteiger partial charge in [0.15, 0.2) is 0 Å². The Morgan fingerprint density at radius 1 is 1.04 bits per heavy atom. The highest BCUT2D eigenvalue weighted by Gasteiger charge is 2.21. The van der Waals surface area contributed by atoms with Crippen LogP contribution in [-0.2, 0) is 16.1 Å². The van der Waals surface area contributed by atoms with Gasteiger partial charge in [0.05, 0.1) is 0 Å². The van der Waals surface area contributed by atoms with Gasteiger partial charge in [-0.2, -0.15) is 0 Å². The third kappa shape index (κ3) is 6.05. The van der Waals surface area contributed by atoms with E-state index in [2.05, 4.69) is 6.92 Å². The summed E-state index contributed by atoms with van der Waals surface area (Å²) in [5.74, 6) is 0.129. The first kappa shape index (κ1) is 19.2. The molecule has 1 aromatic carbocycles. The molecule has 0 bridgehead atoms. The SMILES string of the molecule is CCC(C)N(CCC(=O)N(Cc1ccccc1)C(C)C)C(C)=O. The third-order valence-electron chi connectivity index (χ3n) is 4.23. The Balaban J connectivity index is 2.69. The Hall–Kier alpha value is -1.84. The van der Waals surface area contributed by atoms with Gasteiger partial charge < -0.3 is 9.80 Å². The molecule has 0 aliphatic carbocycles. The molecular weight excluding hydrogens is 288 g/mol. The lowest BCUT2D eigenvalue weighted by atomic mass is 10.1. The van der Waals surface area contributed by atoms with Crippen molar-refractivity contribution in [2.75, 3.05) is 6.54 Å². The highest BCUT2D eigenvalue weighted by molar-refractivity contribution is 5.78. The molecule has 1 unspecified atom stereocenters. The highest BCUT2D eigenvalue weighted by Crippen LogP contribution is 2.12. The fraction of sp³-hybridized carbons (Fsp3) is 0.579. The lowest BCUT2D eigenvalue weighted by Crippen LogP contribution is -2.42. The Labute approximate surface area is 140 Å². The zero-order chi connectivity index (χ0) is 17.4. The molecule has 4 nitrogen and oxygen atoms in total. The summed E-state index contributed by atoms with van der Waals surface area (Å²) < 4.78 is 0. The monoisotopic (exact) mass is 318 g/mol. The molecule has 23 heavy (non-hydrogen) atoms. The van der Waals surface area contributed by atoms with E-state index < -0.39 is 0 Å². The molecule has 0 aliphatic rings. The summed E-state index contributed by atoms with van der Waals surface area (Å²) in [7, 11) is 0. The van der Waals surface area contributed by atoms with E-state index in [0.717, 1.165) is 12.0 Å². The van der Waals surface area contributed by atoms with Crippen LogP contribution in [0.5, 0.6) is 0 Å². The predicted octanol–water partition coefficient (Wildman–Crippen LogP) is 3.46. The maximum atomic E-state index is 12.6. The van der Waals surface area contributed by atoms with Gasteiger partial charge in [0.25, 0.3) is 0 Å². The Bertz CT molecular complexity index is 499. The molecule has 0 N–H and O–H groups in total. The summed E-state index contributed by atoms with van der Waals surface area (Å²) in [6.07, 6.45) is 1.26. The van der Waals surface area contributed by atoms with Crippen molar-refractivity contribution in [2.45, 2.75) is 66.1 Å². The van der Waals surface area contributed by atoms with Crippen LogP contribution in [0.4, 0.5) is 0 Å². The fourth-order valence-corrected chi connectivity index (χ4v) is 2.61. The van der Waals surface area contributed by atoms with Crippen LogP contribution < -0.4 is 0 Å². The second kappa shape index (κ2) is 9.33. The molecule has 0 heterocycles. The quantitative estimate of drug-likeness (QED) is 0.736. The number of nitrogens with zero attached hydrogens (tertiary/aromatic N) is 2. The molecular formula is C19H30N2O2. The van der Waals surface area contributed by atoms with Crippen molar-refractivity contribution >= 4 is 11.8 Å². The van der Waals surface area contributed by atoms with Crippen LogP contribution in [0.1, 0.15) is 53.0 Å². The second-order valence-corrected chi connectivity index (χ2v) is 6.32. The van der Waals surface area contributed by atoms with E-state index in [1.165, 1.54) is 0 Å². The molecule has 0 spiro atoms. The first-order chi connectivity index (χ1) is 10.9. The van der Waals surface area contributed by atoms with Gasteiger partial charge in [0, 0.05) is 38.5 Å². The summed E-state index contributed by atoms with van der Waals surface area (Å²) in [5.41, 5.74) is 1.12. The molecule has 1 rings (SSSR count). The zero-order valence-electron chi connectivity index (χ0n) is 15.1. The topological polar surface area (TPSA) is 40.6 Å². The molecule has 2 amide bonds. The van der Waals surface area contributed by atoms with Crippen molar-refractivity contribution in [3.63, 3.8) is 0 Å². The van der Waals surface area contributed by atoms with E-state index in [1.807, 2.05) is 56.0 Å². The number of benzene rings is 1. The molecule has 1 aromatic rings. The van der Waals surface area contributed by atoms with Crippen molar-refractivity contribution in [1.29, 1.82) is 0 Å². The van der Waals surface area contributed by atoms with Gasteiger partial charge in [-0.25, -0.2) is 0 Å². The van der Waals surface area contributed by atoms with Gasteiger partial charge in [-0.05, 0) is 32.8 Å². The fourth-order valence-electron chi connectivity index (χ4n) is 2.61. The van der Waals surface area contributed by atoms with Gasteiger partial charge in [0.1, 0.15) is 0 Å². The molecule has 1 atom stereocenters. The maximum absolute atomic E-state index is 12.6. The number of carbonyl (C=O) groups excluding carboxylic acids is 2. The van der Waals surface area contributed by atoms with Crippen LogP contribution in [0.25, 0.3) is 0 Å². The van der Waals surface area contributed by atoms with Crippen LogP contribution in [0.15, 0.2) is 30.3 Å². The minimum Gasteiger partial charge on any atom is -0.340 e. The van der Waals surface area contributed by atoms with Crippen LogP contribution in [0.3, 0.4) is 0 Å². The first-order valence-corrected chi connectivity index (χ1v) is 8.47. The first-order valence-electron chi connectivity index (χ1n) is 8.47. The molecule has 0 saturated heterocycles. The molecule has 0 aromatic heterocycles. The number of amides is 2. The maximum Gasteiger partial charge on any atom is 0.224 e. The Kier molecular flexibility index (Phi) is 7.79. The largest absolute Gasteiger partial charge is 0.340 e. The Morgan fingerprint density at radius 2 is 1.65 bits per heavy atom. The van der Waals surface area contributed by atoms with E-state index in [-0.39, 0.29) is 23.9 Å². The average Bonchev–Trinajstić information content (AvgIpc) is 2.52. The second-order valence-electron chi connectivity index (χ2n) is 6.32. The summed E-state index contributed by atoms with van der Waals surface area (Å²) in [6, 6.07) is 10.3. The molecule has 0 saturated carbocycles. The van der Waals surface area contributed by atoms with Gasteiger partial charge in [-0.1, -0.05) is 37.3 Å². The molecule has 128 valence electrons. The van der Waals surface area contributed by atoms with Gasteiger partial charge in [-0.15, -0.1) is 0 Å². The third-order valence-corrected chi connectivity index (χ3v) is 4.23. The molecule has 0 fully saturated rings. The molecule has 4 heteroatoms. The lowest BCUT2D eigenvalue weighted by molar-refractivity contribution is -0.136. The summed E-state index contributed by atoms with van der Waals surface area (Å²) in [5, 5.41) is 0. The van der Waals surface area contributed by atoms with E-state index in [1.54, 1.807) is 11.8 Å². The van der Waals surface area contributed by atoms with Crippen LogP contribution >= 0.6 is 0 Å². The normalized spacial score (nSPS) is 12.1. The van der Waals surface area contributed by atoms with E-state index in [0.29, 0.717) is 19.5 Å². The average molecular weight is 318 g/mol. The van der Waals surface area contributed by atoms with Gasteiger partial charge in [-0.3, -0.25) is 9.59 Å².